The molecule has 2 unspecified atom stereocenters. The molecular formula is C22H22O4. The summed E-state index contributed by atoms with van der Waals surface area (Å²) in [6, 6.07) is 7.43. The number of ketones is 1. The Morgan fingerprint density at radius 2 is 2.15 bits per heavy atom. The quantitative estimate of drug-likeness (QED) is 0.610. The maximum Gasteiger partial charge on any atom is 0.334 e. The summed E-state index contributed by atoms with van der Waals surface area (Å²) in [5.74, 6) is -0.435. The molecule has 0 bridgehead atoms. The van der Waals surface area contributed by atoms with Gasteiger partial charge in [0.25, 0.3) is 0 Å². The molecule has 2 atom stereocenters. The maximum absolute atomic E-state index is 13.1. The first-order valence-electron chi connectivity index (χ1n) is 9.10. The van der Waals surface area contributed by atoms with Crippen LogP contribution in [0.2, 0.25) is 0 Å². The number of hydrogen-bond acceptors (Lipinski definition) is 4. The summed E-state index contributed by atoms with van der Waals surface area (Å²) in [7, 11) is 0. The van der Waals surface area contributed by atoms with Crippen LogP contribution >= 0.6 is 0 Å². The fourth-order valence-corrected chi connectivity index (χ4v) is 4.21. The van der Waals surface area contributed by atoms with Crippen molar-refractivity contribution in [1.29, 1.82) is 0 Å². The molecule has 4 rings (SSSR count). The molecule has 1 aromatic rings. The van der Waals surface area contributed by atoms with Gasteiger partial charge in [-0.15, -0.1) is 0 Å². The number of carbonyl (C=O) groups is 2. The van der Waals surface area contributed by atoms with Crippen LogP contribution in [0.5, 0.6) is 0 Å². The van der Waals surface area contributed by atoms with Crippen LogP contribution in [0.4, 0.5) is 0 Å². The van der Waals surface area contributed by atoms with E-state index >= 15 is 0 Å². The highest BCUT2D eigenvalue weighted by atomic mass is 16.6. The van der Waals surface area contributed by atoms with Gasteiger partial charge < -0.3 is 9.47 Å². The highest BCUT2D eigenvalue weighted by Crippen LogP contribution is 2.50. The molecule has 4 nitrogen and oxygen atoms in total. The zero-order chi connectivity index (χ0) is 18.3. The van der Waals surface area contributed by atoms with Crippen molar-refractivity contribution < 1.29 is 19.1 Å². The number of Topliss-reactive ketones (excluding diaryl/α,β-unsaturated/α-hetero) is 1. The van der Waals surface area contributed by atoms with Crippen molar-refractivity contribution in [1.82, 2.24) is 0 Å². The first-order valence-corrected chi connectivity index (χ1v) is 9.10. The molecule has 1 aromatic carbocycles. The average molecular weight is 350 g/mol. The highest BCUT2D eigenvalue weighted by Gasteiger charge is 2.54. The molecular weight excluding hydrogens is 328 g/mol. The summed E-state index contributed by atoms with van der Waals surface area (Å²) >= 11 is 0. The predicted octanol–water partition coefficient (Wildman–Crippen LogP) is 4.02. The summed E-state index contributed by atoms with van der Waals surface area (Å²) in [4.78, 5) is 25.7. The van der Waals surface area contributed by atoms with Gasteiger partial charge in [0.2, 0.25) is 0 Å². The number of carbonyl (C=O) groups excluding carboxylic acids is 2. The number of esters is 1. The molecule has 0 aromatic heterocycles. The number of benzene rings is 1. The van der Waals surface area contributed by atoms with Crippen molar-refractivity contribution >= 4 is 11.8 Å². The number of hydrogen-bond donors (Lipinski definition) is 0. The zero-order valence-corrected chi connectivity index (χ0v) is 14.9. The van der Waals surface area contributed by atoms with E-state index in [0.29, 0.717) is 24.2 Å². The van der Waals surface area contributed by atoms with Crippen LogP contribution in [-0.4, -0.2) is 24.5 Å². The molecule has 1 heterocycles. The van der Waals surface area contributed by atoms with Gasteiger partial charge in [-0.25, -0.2) is 4.79 Å². The Kier molecular flexibility index (Phi) is 4.16. The minimum absolute atomic E-state index is 0.0277. The molecule has 0 N–H and O–H groups in total. The fourth-order valence-electron chi connectivity index (χ4n) is 4.21. The number of ether oxygens (including phenoxy) is 2. The van der Waals surface area contributed by atoms with Gasteiger partial charge in [0.05, 0.1) is 0 Å². The third kappa shape index (κ3) is 2.40. The second kappa shape index (κ2) is 6.36. The van der Waals surface area contributed by atoms with Crippen molar-refractivity contribution in [3.8, 4) is 0 Å². The molecule has 2 aliphatic carbocycles. The van der Waals surface area contributed by atoms with Gasteiger partial charge in [-0.3, -0.25) is 4.79 Å². The molecule has 0 amide bonds. The topological polar surface area (TPSA) is 52.6 Å². The Morgan fingerprint density at radius 3 is 2.88 bits per heavy atom. The van der Waals surface area contributed by atoms with Crippen molar-refractivity contribution in [3.63, 3.8) is 0 Å². The van der Waals surface area contributed by atoms with Gasteiger partial charge in [-0.2, -0.15) is 0 Å². The lowest BCUT2D eigenvalue weighted by molar-refractivity contribution is -0.165. The smallest absolute Gasteiger partial charge is 0.334 e. The normalized spacial score (nSPS) is 27.1. The summed E-state index contributed by atoms with van der Waals surface area (Å²) in [5.41, 5.74) is 2.07. The van der Waals surface area contributed by atoms with E-state index in [1.54, 1.807) is 6.92 Å². The molecule has 134 valence electrons. The minimum atomic E-state index is -1.09. The fraction of sp³-hybridized carbons (Fsp3) is 0.364. The Bertz CT molecular complexity index is 855. The molecule has 3 aliphatic rings. The molecule has 4 heteroatoms. The lowest BCUT2D eigenvalue weighted by atomic mass is 9.68. The Morgan fingerprint density at radius 1 is 1.35 bits per heavy atom. The van der Waals surface area contributed by atoms with Crippen LogP contribution in [-0.2, 0) is 19.9 Å². The molecule has 26 heavy (non-hydrogen) atoms. The first-order chi connectivity index (χ1) is 12.6. The minimum Gasteiger partial charge on any atom is -0.443 e. The molecule has 0 saturated carbocycles. The molecule has 0 spiro atoms. The van der Waals surface area contributed by atoms with Gasteiger partial charge in [0.1, 0.15) is 6.10 Å². The van der Waals surface area contributed by atoms with Crippen LogP contribution in [0.15, 0.2) is 59.7 Å². The predicted molar refractivity (Wildman–Crippen MR) is 97.7 cm³/mol. The molecule has 0 radical (unpaired) electrons. The van der Waals surface area contributed by atoms with E-state index in [9.17, 15) is 9.59 Å². The monoisotopic (exact) mass is 350 g/mol. The second-order valence-corrected chi connectivity index (χ2v) is 7.12. The second-order valence-electron chi connectivity index (χ2n) is 7.12. The van der Waals surface area contributed by atoms with Crippen molar-refractivity contribution in [3.05, 3.63) is 70.8 Å². The summed E-state index contributed by atoms with van der Waals surface area (Å²) < 4.78 is 12.2. The highest BCUT2D eigenvalue weighted by molar-refractivity contribution is 6.13. The Balaban J connectivity index is 2.00. The molecule has 1 saturated heterocycles. The third-order valence-corrected chi connectivity index (χ3v) is 5.40. The first kappa shape index (κ1) is 17.0. The van der Waals surface area contributed by atoms with Crippen LogP contribution in [0.25, 0.3) is 0 Å². The van der Waals surface area contributed by atoms with Crippen molar-refractivity contribution in [2.75, 3.05) is 6.61 Å². The summed E-state index contributed by atoms with van der Waals surface area (Å²) in [6.45, 7) is 6.00. The standard InChI is InChI=1S/C22H22O4/c1-14(2)21(24)26-22(19-12-7-13-25-19)17-10-5-3-8-15(17)20(23)16-9-4-6-11-18(16)22/h3,5-6,8,10-11,19H,1,4,7,9,12-13H2,2H3. The van der Waals surface area contributed by atoms with Crippen LogP contribution in [0.3, 0.4) is 0 Å². The van der Waals surface area contributed by atoms with Gasteiger partial charge in [0, 0.05) is 34.5 Å². The molecule has 1 fully saturated rings. The SMILES string of the molecule is C=C(C)C(=O)OC1(C2CCCO2)C2=C(CCC=C2)C(=O)c2ccccc21. The Labute approximate surface area is 153 Å². The summed E-state index contributed by atoms with van der Waals surface area (Å²) in [5, 5.41) is 0. The number of fused-ring (bicyclic) bond motifs is 1. The van der Waals surface area contributed by atoms with Crippen LogP contribution < -0.4 is 0 Å². The lowest BCUT2D eigenvalue weighted by Crippen LogP contribution is -2.49. The van der Waals surface area contributed by atoms with Crippen molar-refractivity contribution in [2.45, 2.75) is 44.3 Å². The largest absolute Gasteiger partial charge is 0.443 e. The van der Waals surface area contributed by atoms with Crippen LogP contribution in [0.1, 0.15) is 48.5 Å². The maximum atomic E-state index is 13.1. The summed E-state index contributed by atoms with van der Waals surface area (Å²) in [6.07, 6.45) is 6.81. The lowest BCUT2D eigenvalue weighted by Gasteiger charge is -2.44. The van der Waals surface area contributed by atoms with E-state index in [0.717, 1.165) is 36.0 Å². The average Bonchev–Trinajstić information content (AvgIpc) is 3.20. The van der Waals surface area contributed by atoms with E-state index in [1.165, 1.54) is 0 Å². The van der Waals surface area contributed by atoms with E-state index in [-0.39, 0.29) is 11.9 Å². The number of allylic oxidation sites excluding steroid dienone is 2. The Hall–Kier alpha value is -2.46. The van der Waals surface area contributed by atoms with Gasteiger partial charge in [-0.05, 0) is 32.6 Å². The zero-order valence-electron chi connectivity index (χ0n) is 14.9. The van der Waals surface area contributed by atoms with Gasteiger partial charge in [-0.1, -0.05) is 43.0 Å². The van der Waals surface area contributed by atoms with Gasteiger partial charge >= 0.3 is 5.97 Å². The van der Waals surface area contributed by atoms with E-state index in [1.807, 2.05) is 36.4 Å². The molecule has 1 aliphatic heterocycles. The van der Waals surface area contributed by atoms with Crippen LogP contribution in [0, 0.1) is 0 Å². The van der Waals surface area contributed by atoms with E-state index in [4.69, 9.17) is 9.47 Å². The van der Waals surface area contributed by atoms with E-state index in [2.05, 4.69) is 6.58 Å². The van der Waals surface area contributed by atoms with Gasteiger partial charge in [0.15, 0.2) is 11.4 Å². The van der Waals surface area contributed by atoms with Crippen molar-refractivity contribution in [2.24, 2.45) is 0 Å². The van der Waals surface area contributed by atoms with E-state index < -0.39 is 11.6 Å². The number of rotatable bonds is 3. The third-order valence-electron chi connectivity index (χ3n) is 5.40.